The van der Waals surface area contributed by atoms with Gasteiger partial charge in [0.25, 0.3) is 5.91 Å². The van der Waals surface area contributed by atoms with E-state index >= 15 is 0 Å². The van der Waals surface area contributed by atoms with Crippen LogP contribution in [0.3, 0.4) is 0 Å². The zero-order valence-corrected chi connectivity index (χ0v) is 23.8. The third-order valence-electron chi connectivity index (χ3n) is 4.39. The highest BCUT2D eigenvalue weighted by molar-refractivity contribution is 6.21. The van der Waals surface area contributed by atoms with Crippen LogP contribution in [0.4, 0.5) is 0 Å². The fraction of sp³-hybridized carbons (Fsp3) is 0.536. The number of allylic oxidation sites excluding steroid dienone is 4. The molecule has 2 amide bonds. The Kier molecular flexibility index (Phi) is 22.7. The molecule has 0 fully saturated rings. The molecule has 0 aromatic rings. The van der Waals surface area contributed by atoms with Gasteiger partial charge in [0, 0.05) is 12.6 Å². The smallest absolute Gasteiger partial charge is 0.328 e. The van der Waals surface area contributed by atoms with Crippen molar-refractivity contribution >= 4 is 29.5 Å². The Labute approximate surface area is 227 Å². The van der Waals surface area contributed by atoms with Crippen molar-refractivity contribution in [3.05, 3.63) is 48.4 Å². The maximum absolute atomic E-state index is 12.6. The Morgan fingerprint density at radius 3 is 2.21 bits per heavy atom. The Hall–Kier alpha value is -3.69. The minimum absolute atomic E-state index is 0.00103. The molecule has 0 rings (SSSR count). The number of esters is 2. The number of hydrogen-bond acceptors (Lipinski definition) is 8. The van der Waals surface area contributed by atoms with Crippen molar-refractivity contribution in [2.75, 3.05) is 19.8 Å². The molecule has 0 aliphatic rings. The van der Waals surface area contributed by atoms with E-state index in [2.05, 4.69) is 43.0 Å². The summed E-state index contributed by atoms with van der Waals surface area (Å²) in [6.45, 7) is 14.8. The van der Waals surface area contributed by atoms with Crippen LogP contribution in [0.2, 0.25) is 0 Å². The summed E-state index contributed by atoms with van der Waals surface area (Å²) in [7, 11) is 0. The second-order valence-corrected chi connectivity index (χ2v) is 7.90. The highest BCUT2D eigenvalue weighted by Crippen LogP contribution is 2.07. The predicted molar refractivity (Wildman–Crippen MR) is 151 cm³/mol. The van der Waals surface area contributed by atoms with Gasteiger partial charge in [0.1, 0.15) is 6.04 Å². The number of unbranched alkanes of at least 4 members (excludes halogenated alkanes) is 1. The van der Waals surface area contributed by atoms with Crippen LogP contribution < -0.4 is 16.4 Å². The number of nitrogens with two attached hydrogens (primary N) is 1. The molecule has 0 bridgehead atoms. The van der Waals surface area contributed by atoms with E-state index < -0.39 is 36.3 Å². The van der Waals surface area contributed by atoms with Gasteiger partial charge in [0.2, 0.25) is 5.91 Å². The van der Waals surface area contributed by atoms with Gasteiger partial charge in [-0.3, -0.25) is 19.4 Å². The van der Waals surface area contributed by atoms with Gasteiger partial charge < -0.3 is 25.8 Å². The molecule has 0 spiro atoms. The van der Waals surface area contributed by atoms with Crippen molar-refractivity contribution < 1.29 is 28.7 Å². The van der Waals surface area contributed by atoms with Gasteiger partial charge in [-0.2, -0.15) is 0 Å². The van der Waals surface area contributed by atoms with Gasteiger partial charge in [-0.1, -0.05) is 52.3 Å². The number of hydrogen-bond donors (Lipinski definition) is 3. The molecule has 0 aliphatic carbocycles. The highest BCUT2D eigenvalue weighted by atomic mass is 16.5. The molecule has 214 valence electrons. The fourth-order valence-electron chi connectivity index (χ4n) is 2.72. The molecule has 0 heterocycles. The summed E-state index contributed by atoms with van der Waals surface area (Å²) >= 11 is 0. The molecular formula is C28H46N4O6. The number of rotatable bonds is 16. The van der Waals surface area contributed by atoms with Gasteiger partial charge in [-0.15, -0.1) is 0 Å². The number of amides is 2. The Balaban J connectivity index is 0. The number of carbonyl (C=O) groups excluding carboxylic acids is 4. The zero-order valence-electron chi connectivity index (χ0n) is 23.8. The molecule has 1 atom stereocenters. The summed E-state index contributed by atoms with van der Waals surface area (Å²) in [6, 6.07) is -1.06. The molecule has 0 radical (unpaired) electrons. The first-order chi connectivity index (χ1) is 18.1. The van der Waals surface area contributed by atoms with Crippen molar-refractivity contribution in [1.29, 1.82) is 0 Å². The van der Waals surface area contributed by atoms with Crippen LogP contribution in [0, 0.1) is 0 Å². The molecule has 0 aliphatic heterocycles. The van der Waals surface area contributed by atoms with Crippen LogP contribution in [0.25, 0.3) is 0 Å². The first kappa shape index (κ1) is 36.5. The molecule has 1 unspecified atom stereocenters. The summed E-state index contributed by atoms with van der Waals surface area (Å²) in [5.74, 6) is -2.43. The average Bonchev–Trinajstić information content (AvgIpc) is 2.86. The lowest BCUT2D eigenvalue weighted by Gasteiger charge is -2.17. The summed E-state index contributed by atoms with van der Waals surface area (Å²) in [4.78, 5) is 53.1. The van der Waals surface area contributed by atoms with Crippen LogP contribution in [0.1, 0.15) is 73.6 Å². The number of aliphatic imine (C=N–C) groups is 1. The zero-order chi connectivity index (χ0) is 29.3. The average molecular weight is 535 g/mol. The summed E-state index contributed by atoms with van der Waals surface area (Å²) in [5, 5.41) is 4.92. The second kappa shape index (κ2) is 23.7. The van der Waals surface area contributed by atoms with Crippen LogP contribution in [0.15, 0.2) is 53.3 Å². The van der Waals surface area contributed by atoms with E-state index in [0.29, 0.717) is 11.4 Å². The predicted octanol–water partition coefficient (Wildman–Crippen LogP) is 3.64. The lowest BCUT2D eigenvalue weighted by molar-refractivity contribution is -0.148. The first-order valence-electron chi connectivity index (χ1n) is 13.0. The van der Waals surface area contributed by atoms with E-state index in [4.69, 9.17) is 15.2 Å². The monoisotopic (exact) mass is 534 g/mol. The van der Waals surface area contributed by atoms with E-state index in [1.54, 1.807) is 32.9 Å². The molecule has 0 aromatic heterocycles. The third kappa shape index (κ3) is 17.7. The van der Waals surface area contributed by atoms with Crippen molar-refractivity contribution in [3.63, 3.8) is 0 Å². The van der Waals surface area contributed by atoms with Crippen molar-refractivity contribution in [2.24, 2.45) is 10.7 Å². The molecular weight excluding hydrogens is 488 g/mol. The van der Waals surface area contributed by atoms with Gasteiger partial charge in [0.15, 0.2) is 0 Å². The molecule has 4 N–H and O–H groups in total. The minimum atomic E-state index is -1.06. The van der Waals surface area contributed by atoms with E-state index in [1.165, 1.54) is 6.42 Å². The molecule has 0 aromatic carbocycles. The van der Waals surface area contributed by atoms with E-state index in [0.717, 1.165) is 19.0 Å². The van der Waals surface area contributed by atoms with Gasteiger partial charge in [-0.25, -0.2) is 4.79 Å². The Morgan fingerprint density at radius 2 is 1.68 bits per heavy atom. The standard InChI is InChI=1S/C25H38N4O6.C3H8/c1-6-10-11-13-19(12-7-2)28-18(5)20(16-26)24(32)27-17-22(30)29-21(25(33)35-9-4)14-15-23(31)34-8-3;1-3-2/h7,11-13,16,21H,2,6,8-10,14-15,17,26H2,1,3-5H3,(H,27,32)(H,29,30);3H2,1-2H3/b13-11-,19-12+,20-16+,28-18-;. The molecule has 10 heteroatoms. The quantitative estimate of drug-likeness (QED) is 0.118. The van der Waals surface area contributed by atoms with Crippen LogP contribution >= 0.6 is 0 Å². The van der Waals surface area contributed by atoms with Crippen molar-refractivity contribution in [2.45, 2.75) is 79.7 Å². The largest absolute Gasteiger partial charge is 0.466 e. The number of nitrogens with one attached hydrogen (secondary N) is 2. The first-order valence-corrected chi connectivity index (χ1v) is 13.0. The summed E-state index contributed by atoms with van der Waals surface area (Å²) < 4.78 is 9.79. The lowest BCUT2D eigenvalue weighted by Crippen LogP contribution is -2.46. The van der Waals surface area contributed by atoms with Gasteiger partial charge in [-0.05, 0) is 45.8 Å². The number of nitrogens with zero attached hydrogens (tertiary/aromatic N) is 1. The Morgan fingerprint density at radius 1 is 1.05 bits per heavy atom. The topological polar surface area (TPSA) is 149 Å². The lowest BCUT2D eigenvalue weighted by atomic mass is 10.1. The van der Waals surface area contributed by atoms with Gasteiger partial charge in [0.05, 0.1) is 36.7 Å². The number of carbonyl (C=O) groups is 4. The summed E-state index contributed by atoms with van der Waals surface area (Å²) in [5.41, 5.74) is 6.65. The normalized spacial score (nSPS) is 12.6. The second-order valence-electron chi connectivity index (χ2n) is 7.90. The maximum Gasteiger partial charge on any atom is 0.328 e. The minimum Gasteiger partial charge on any atom is -0.466 e. The van der Waals surface area contributed by atoms with E-state index in [-0.39, 0.29) is 31.6 Å². The molecule has 0 saturated carbocycles. The van der Waals surface area contributed by atoms with Crippen LogP contribution in [-0.4, -0.2) is 55.3 Å². The molecule has 0 saturated heterocycles. The highest BCUT2D eigenvalue weighted by Gasteiger charge is 2.24. The van der Waals surface area contributed by atoms with Crippen LogP contribution in [-0.2, 0) is 28.7 Å². The van der Waals surface area contributed by atoms with E-state index in [9.17, 15) is 19.2 Å². The summed E-state index contributed by atoms with van der Waals surface area (Å²) in [6.07, 6.45) is 11.2. The molecule has 10 nitrogen and oxygen atoms in total. The Bertz CT molecular complexity index is 875. The van der Waals surface area contributed by atoms with Crippen molar-refractivity contribution in [1.82, 2.24) is 10.6 Å². The van der Waals surface area contributed by atoms with Crippen molar-refractivity contribution in [3.8, 4) is 0 Å². The fourth-order valence-corrected chi connectivity index (χ4v) is 2.72. The van der Waals surface area contributed by atoms with E-state index in [1.807, 2.05) is 12.2 Å². The van der Waals surface area contributed by atoms with Crippen LogP contribution in [0.5, 0.6) is 0 Å². The molecule has 38 heavy (non-hydrogen) atoms. The third-order valence-corrected chi connectivity index (χ3v) is 4.39. The maximum atomic E-state index is 12.6. The van der Waals surface area contributed by atoms with Gasteiger partial charge >= 0.3 is 11.9 Å². The SMILES string of the molecule is C=C/C=C(\C=C/CCC)/N=C(C)\C(=C/N)C(=O)NCC(=O)NC(CCC(=O)OCC)C(=O)OCC.CCC. The number of ether oxygens (including phenoxy) is 2.